The van der Waals surface area contributed by atoms with Gasteiger partial charge in [-0.25, -0.2) is 0 Å². The average Bonchev–Trinajstić information content (AvgIpc) is 2.64. The highest BCUT2D eigenvalue weighted by Crippen LogP contribution is 2.24. The topological polar surface area (TPSA) is 47.3 Å². The predicted molar refractivity (Wildman–Crippen MR) is 58.6 cm³/mol. The van der Waals surface area contributed by atoms with Crippen LogP contribution >= 0.6 is 0 Å². The molecule has 0 radical (unpaired) electrons. The van der Waals surface area contributed by atoms with Crippen LogP contribution in [0.1, 0.15) is 32.4 Å². The molecule has 1 N–H and O–H groups in total. The number of methoxy groups -OCH3 is 1. The molecule has 0 aliphatic rings. The van der Waals surface area contributed by atoms with Crippen molar-refractivity contribution in [1.29, 1.82) is 0 Å². The van der Waals surface area contributed by atoms with Crippen LogP contribution in [-0.2, 0) is 16.9 Å². The van der Waals surface area contributed by atoms with Crippen LogP contribution in [0.3, 0.4) is 0 Å². The maximum atomic E-state index is 10.3. The average molecular weight is 212 g/mol. The molecule has 0 fully saturated rings. The van der Waals surface area contributed by atoms with E-state index < -0.39 is 5.60 Å². The van der Waals surface area contributed by atoms with Crippen molar-refractivity contribution in [2.24, 2.45) is 0 Å². The third-order valence-corrected chi connectivity index (χ3v) is 2.50. The summed E-state index contributed by atoms with van der Waals surface area (Å²) in [6.07, 6.45) is 3.32. The van der Waals surface area contributed by atoms with Crippen LogP contribution in [0.5, 0.6) is 0 Å². The summed E-state index contributed by atoms with van der Waals surface area (Å²) in [4.78, 5) is 0. The van der Waals surface area contributed by atoms with Crippen LogP contribution in [-0.4, -0.2) is 28.6 Å². The van der Waals surface area contributed by atoms with Gasteiger partial charge in [0, 0.05) is 32.9 Å². The second-order valence-corrected chi connectivity index (χ2v) is 3.96. The summed E-state index contributed by atoms with van der Waals surface area (Å²) in [7, 11) is 1.64. The molecule has 0 saturated heterocycles. The van der Waals surface area contributed by atoms with Gasteiger partial charge < -0.3 is 9.84 Å². The number of hydrogen-bond donors (Lipinski definition) is 1. The van der Waals surface area contributed by atoms with Crippen molar-refractivity contribution >= 4 is 0 Å². The van der Waals surface area contributed by atoms with Crippen molar-refractivity contribution in [2.45, 2.75) is 38.8 Å². The van der Waals surface area contributed by atoms with Crippen molar-refractivity contribution in [1.82, 2.24) is 9.78 Å². The van der Waals surface area contributed by atoms with E-state index in [1.807, 2.05) is 10.7 Å². The van der Waals surface area contributed by atoms with Crippen LogP contribution in [0.25, 0.3) is 0 Å². The van der Waals surface area contributed by atoms with Crippen molar-refractivity contribution in [3.8, 4) is 0 Å². The quantitative estimate of drug-likeness (QED) is 0.778. The van der Waals surface area contributed by atoms with Crippen LogP contribution in [0.4, 0.5) is 0 Å². The van der Waals surface area contributed by atoms with Crippen LogP contribution < -0.4 is 0 Å². The second kappa shape index (κ2) is 5.28. The highest BCUT2D eigenvalue weighted by atomic mass is 16.5. The molecule has 1 rings (SSSR count). The van der Waals surface area contributed by atoms with Crippen molar-refractivity contribution in [3.05, 3.63) is 18.0 Å². The Morgan fingerprint density at radius 3 is 2.93 bits per heavy atom. The number of ether oxygens (including phenoxy) is 1. The molecule has 4 nitrogen and oxygen atoms in total. The van der Waals surface area contributed by atoms with Gasteiger partial charge in [0.15, 0.2) is 0 Å². The lowest BCUT2D eigenvalue weighted by atomic mass is 9.98. The first-order valence-electron chi connectivity index (χ1n) is 5.35. The van der Waals surface area contributed by atoms with Crippen LogP contribution in [0.15, 0.2) is 12.3 Å². The highest BCUT2D eigenvalue weighted by Gasteiger charge is 2.26. The summed E-state index contributed by atoms with van der Waals surface area (Å²) in [6, 6.07) is 1.87. The molecule has 0 amide bonds. The third-order valence-electron chi connectivity index (χ3n) is 2.50. The number of aromatic nitrogens is 2. The van der Waals surface area contributed by atoms with Gasteiger partial charge in [-0.3, -0.25) is 4.68 Å². The molecule has 4 heteroatoms. The molecule has 0 bridgehead atoms. The molecule has 0 aromatic carbocycles. The first-order valence-corrected chi connectivity index (χ1v) is 5.35. The SMILES string of the molecule is CCCn1nccc1C(C)(O)CCOC. The monoisotopic (exact) mass is 212 g/mol. The van der Waals surface area contributed by atoms with Gasteiger partial charge in [-0.2, -0.15) is 5.10 Å². The first kappa shape index (κ1) is 12.2. The standard InChI is InChI=1S/C11H20N2O2/c1-4-8-13-10(5-7-12-13)11(2,14)6-9-15-3/h5,7,14H,4,6,8-9H2,1-3H3. The van der Waals surface area contributed by atoms with E-state index in [9.17, 15) is 5.11 Å². The molecule has 0 spiro atoms. The molecular formula is C11H20N2O2. The van der Waals surface area contributed by atoms with E-state index >= 15 is 0 Å². The maximum absolute atomic E-state index is 10.3. The van der Waals surface area contributed by atoms with E-state index in [1.165, 1.54) is 0 Å². The Labute approximate surface area is 90.9 Å². The van der Waals surface area contributed by atoms with E-state index in [0.29, 0.717) is 13.0 Å². The van der Waals surface area contributed by atoms with Crippen molar-refractivity contribution in [3.63, 3.8) is 0 Å². The minimum atomic E-state index is -0.859. The minimum Gasteiger partial charge on any atom is -0.385 e. The molecule has 15 heavy (non-hydrogen) atoms. The Morgan fingerprint density at radius 2 is 2.33 bits per heavy atom. The molecule has 0 aliphatic heterocycles. The Bertz CT molecular complexity index is 295. The lowest BCUT2D eigenvalue weighted by Gasteiger charge is -2.24. The molecular weight excluding hydrogens is 192 g/mol. The number of rotatable bonds is 6. The lowest BCUT2D eigenvalue weighted by Crippen LogP contribution is -2.27. The first-order chi connectivity index (χ1) is 7.11. The fourth-order valence-electron chi connectivity index (χ4n) is 1.61. The van der Waals surface area contributed by atoms with E-state index in [1.54, 1.807) is 20.2 Å². The van der Waals surface area contributed by atoms with Gasteiger partial charge in [-0.15, -0.1) is 0 Å². The van der Waals surface area contributed by atoms with Gasteiger partial charge in [0.25, 0.3) is 0 Å². The minimum absolute atomic E-state index is 0.546. The molecule has 1 atom stereocenters. The smallest absolute Gasteiger partial charge is 0.106 e. The molecule has 0 saturated carbocycles. The van der Waals surface area contributed by atoms with Gasteiger partial charge in [0.1, 0.15) is 5.60 Å². The zero-order valence-electron chi connectivity index (χ0n) is 9.73. The van der Waals surface area contributed by atoms with E-state index in [4.69, 9.17) is 4.74 Å². The van der Waals surface area contributed by atoms with Crippen LogP contribution in [0, 0.1) is 0 Å². The normalized spacial score (nSPS) is 15.2. The Kier molecular flexibility index (Phi) is 4.29. The zero-order chi connectivity index (χ0) is 11.3. The number of aryl methyl sites for hydroxylation is 1. The number of nitrogens with zero attached hydrogens (tertiary/aromatic N) is 2. The van der Waals surface area contributed by atoms with Gasteiger partial charge in [-0.05, 0) is 19.4 Å². The number of aliphatic hydroxyl groups is 1. The van der Waals surface area contributed by atoms with Gasteiger partial charge in [0.2, 0.25) is 0 Å². The fraction of sp³-hybridized carbons (Fsp3) is 0.727. The molecule has 1 aromatic rings. The zero-order valence-corrected chi connectivity index (χ0v) is 9.73. The predicted octanol–water partition coefficient (Wildman–Crippen LogP) is 1.54. The fourth-order valence-corrected chi connectivity index (χ4v) is 1.61. The second-order valence-electron chi connectivity index (χ2n) is 3.96. The van der Waals surface area contributed by atoms with Crippen LogP contribution in [0.2, 0.25) is 0 Å². The maximum Gasteiger partial charge on any atom is 0.106 e. The molecule has 1 unspecified atom stereocenters. The van der Waals surface area contributed by atoms with Gasteiger partial charge >= 0.3 is 0 Å². The third kappa shape index (κ3) is 3.04. The van der Waals surface area contributed by atoms with E-state index in [-0.39, 0.29) is 0 Å². The van der Waals surface area contributed by atoms with Crippen molar-refractivity contribution in [2.75, 3.05) is 13.7 Å². The van der Waals surface area contributed by atoms with Gasteiger partial charge in [0.05, 0.1) is 5.69 Å². The summed E-state index contributed by atoms with van der Waals surface area (Å²) < 4.78 is 6.84. The molecule has 1 heterocycles. The van der Waals surface area contributed by atoms with Crippen molar-refractivity contribution < 1.29 is 9.84 Å². The number of hydrogen-bond acceptors (Lipinski definition) is 3. The summed E-state index contributed by atoms with van der Waals surface area (Å²) in [5, 5.41) is 14.5. The lowest BCUT2D eigenvalue weighted by molar-refractivity contribution is 0.0134. The largest absolute Gasteiger partial charge is 0.385 e. The summed E-state index contributed by atoms with van der Waals surface area (Å²) in [6.45, 7) is 5.28. The Morgan fingerprint density at radius 1 is 1.60 bits per heavy atom. The Hall–Kier alpha value is -0.870. The molecule has 86 valence electrons. The van der Waals surface area contributed by atoms with E-state index in [2.05, 4.69) is 12.0 Å². The Balaban J connectivity index is 2.78. The molecule has 0 aliphatic carbocycles. The molecule has 1 aromatic heterocycles. The van der Waals surface area contributed by atoms with E-state index in [0.717, 1.165) is 18.7 Å². The highest BCUT2D eigenvalue weighted by molar-refractivity contribution is 5.10. The summed E-state index contributed by atoms with van der Waals surface area (Å²) >= 11 is 0. The summed E-state index contributed by atoms with van der Waals surface area (Å²) in [5.41, 5.74) is 0.00296. The summed E-state index contributed by atoms with van der Waals surface area (Å²) in [5.74, 6) is 0. The van der Waals surface area contributed by atoms with Gasteiger partial charge in [-0.1, -0.05) is 6.92 Å².